The van der Waals surface area contributed by atoms with Gasteiger partial charge >= 0.3 is 5.97 Å². The van der Waals surface area contributed by atoms with Crippen LogP contribution in [0.2, 0.25) is 0 Å². The van der Waals surface area contributed by atoms with Gasteiger partial charge in [-0.1, -0.05) is 64.5 Å². The zero-order chi connectivity index (χ0) is 18.6. The molecular formula is C23H17BrO3. The van der Waals surface area contributed by atoms with E-state index < -0.39 is 0 Å². The molecule has 0 fully saturated rings. The summed E-state index contributed by atoms with van der Waals surface area (Å²) in [5.41, 5.74) is 0.604. The fraction of sp³-hybridized carbons (Fsp3) is 0.0870. The Hall–Kier alpha value is -2.85. The smallest absolute Gasteiger partial charge is 0.339 e. The second-order valence-electron chi connectivity index (χ2n) is 6.13. The van der Waals surface area contributed by atoms with Crippen LogP contribution in [-0.4, -0.2) is 19.2 Å². The predicted octanol–water partition coefficient (Wildman–Crippen LogP) is 5.99. The molecule has 0 aliphatic rings. The molecule has 4 aromatic carbocycles. The first-order valence-corrected chi connectivity index (χ1v) is 9.48. The van der Waals surface area contributed by atoms with Gasteiger partial charge in [0.05, 0.1) is 5.56 Å². The normalized spacial score (nSPS) is 10.9. The van der Waals surface area contributed by atoms with Crippen molar-refractivity contribution in [2.24, 2.45) is 0 Å². The molecule has 0 heterocycles. The van der Waals surface area contributed by atoms with E-state index in [2.05, 4.69) is 22.0 Å². The Labute approximate surface area is 165 Å². The quantitative estimate of drug-likeness (QED) is 0.226. The summed E-state index contributed by atoms with van der Waals surface area (Å²) in [7, 11) is 0. The van der Waals surface area contributed by atoms with Crippen molar-refractivity contribution in [3.63, 3.8) is 0 Å². The Kier molecular flexibility index (Phi) is 5.07. The zero-order valence-corrected chi connectivity index (χ0v) is 16.1. The summed E-state index contributed by atoms with van der Waals surface area (Å²) in [5, 5.41) is 3.84. The summed E-state index contributed by atoms with van der Waals surface area (Å²) in [6.45, 7) is 0.489. The van der Waals surface area contributed by atoms with Crippen molar-refractivity contribution >= 4 is 43.4 Å². The number of hydrogen-bond acceptors (Lipinski definition) is 3. The lowest BCUT2D eigenvalue weighted by molar-refractivity contribution is 0.0455. The monoisotopic (exact) mass is 420 g/mol. The molecule has 4 rings (SSSR count). The largest absolute Gasteiger partial charge is 0.490 e. The van der Waals surface area contributed by atoms with Gasteiger partial charge in [-0.3, -0.25) is 0 Å². The molecule has 27 heavy (non-hydrogen) atoms. The second-order valence-corrected chi connectivity index (χ2v) is 7.05. The summed E-state index contributed by atoms with van der Waals surface area (Å²) in [4.78, 5) is 12.8. The number of fused-ring (bicyclic) bond motifs is 2. The average Bonchev–Trinajstić information content (AvgIpc) is 2.70. The van der Waals surface area contributed by atoms with Gasteiger partial charge in [-0.05, 0) is 51.9 Å². The van der Waals surface area contributed by atoms with Crippen molar-refractivity contribution in [2.75, 3.05) is 13.2 Å². The van der Waals surface area contributed by atoms with E-state index >= 15 is 0 Å². The molecule has 0 bridgehead atoms. The van der Waals surface area contributed by atoms with E-state index in [0.29, 0.717) is 12.2 Å². The maximum atomic E-state index is 12.8. The first-order chi connectivity index (χ1) is 13.2. The first-order valence-electron chi connectivity index (χ1n) is 8.68. The Morgan fingerprint density at radius 2 is 1.37 bits per heavy atom. The number of benzene rings is 4. The summed E-state index contributed by atoms with van der Waals surface area (Å²) in [5.74, 6) is 0.410. The Balaban J connectivity index is 1.53. The molecule has 0 unspecified atom stereocenters. The SMILES string of the molecule is O=C(OCCOc1ccc(Br)cc1)c1c2ccccc2cc2ccccc12. The van der Waals surface area contributed by atoms with Crippen molar-refractivity contribution in [2.45, 2.75) is 0 Å². The third kappa shape index (κ3) is 3.81. The summed E-state index contributed by atoms with van der Waals surface area (Å²) in [6.07, 6.45) is 0. The lowest BCUT2D eigenvalue weighted by atomic mass is 9.97. The maximum absolute atomic E-state index is 12.8. The molecule has 0 atom stereocenters. The predicted molar refractivity (Wildman–Crippen MR) is 111 cm³/mol. The van der Waals surface area contributed by atoms with Crippen LogP contribution in [0, 0.1) is 0 Å². The number of rotatable bonds is 5. The number of carbonyl (C=O) groups excluding carboxylic acids is 1. The van der Waals surface area contributed by atoms with Crippen LogP contribution >= 0.6 is 15.9 Å². The van der Waals surface area contributed by atoms with E-state index in [1.807, 2.05) is 72.8 Å². The van der Waals surface area contributed by atoms with Crippen LogP contribution in [0.3, 0.4) is 0 Å². The highest BCUT2D eigenvalue weighted by Gasteiger charge is 2.16. The van der Waals surface area contributed by atoms with Crippen LogP contribution in [0.4, 0.5) is 0 Å². The van der Waals surface area contributed by atoms with Crippen molar-refractivity contribution in [3.05, 3.63) is 88.9 Å². The molecule has 0 amide bonds. The molecule has 0 radical (unpaired) electrons. The highest BCUT2D eigenvalue weighted by molar-refractivity contribution is 9.10. The zero-order valence-electron chi connectivity index (χ0n) is 14.5. The van der Waals surface area contributed by atoms with Gasteiger partial charge in [0.15, 0.2) is 0 Å². The standard InChI is InChI=1S/C23H17BrO3/c24-18-9-11-19(12-10-18)26-13-14-27-23(25)22-20-7-3-1-5-16(20)15-17-6-2-4-8-21(17)22/h1-12,15H,13-14H2. The third-order valence-electron chi connectivity index (χ3n) is 4.37. The van der Waals surface area contributed by atoms with Crippen LogP contribution in [0.5, 0.6) is 5.75 Å². The molecule has 4 heteroatoms. The third-order valence-corrected chi connectivity index (χ3v) is 4.90. The van der Waals surface area contributed by atoms with Crippen molar-refractivity contribution in [1.29, 1.82) is 0 Å². The Morgan fingerprint density at radius 3 is 2.00 bits per heavy atom. The van der Waals surface area contributed by atoms with Gasteiger partial charge < -0.3 is 9.47 Å². The van der Waals surface area contributed by atoms with Crippen LogP contribution in [0.25, 0.3) is 21.5 Å². The van der Waals surface area contributed by atoms with Crippen molar-refractivity contribution in [3.8, 4) is 5.75 Å². The van der Waals surface area contributed by atoms with Crippen LogP contribution in [0.1, 0.15) is 10.4 Å². The topological polar surface area (TPSA) is 35.5 Å². The second kappa shape index (κ2) is 7.80. The van der Waals surface area contributed by atoms with E-state index in [9.17, 15) is 4.79 Å². The molecule has 0 N–H and O–H groups in total. The number of halogens is 1. The van der Waals surface area contributed by atoms with Crippen molar-refractivity contribution in [1.82, 2.24) is 0 Å². The van der Waals surface area contributed by atoms with Gasteiger partial charge in [0.1, 0.15) is 19.0 Å². The molecule has 0 aliphatic heterocycles. The van der Waals surface area contributed by atoms with Gasteiger partial charge in [0.25, 0.3) is 0 Å². The van der Waals surface area contributed by atoms with Crippen molar-refractivity contribution < 1.29 is 14.3 Å². The maximum Gasteiger partial charge on any atom is 0.339 e. The molecule has 134 valence electrons. The molecule has 4 aromatic rings. The van der Waals surface area contributed by atoms with Gasteiger partial charge in [-0.25, -0.2) is 4.79 Å². The Morgan fingerprint density at radius 1 is 0.778 bits per heavy atom. The van der Waals surface area contributed by atoms with Gasteiger partial charge in [-0.15, -0.1) is 0 Å². The van der Waals surface area contributed by atoms with E-state index in [-0.39, 0.29) is 12.6 Å². The minimum Gasteiger partial charge on any atom is -0.490 e. The van der Waals surface area contributed by atoms with Gasteiger partial charge in [0, 0.05) is 4.47 Å². The minimum absolute atomic E-state index is 0.187. The van der Waals surface area contributed by atoms with E-state index in [1.165, 1.54) is 0 Å². The highest BCUT2D eigenvalue weighted by atomic mass is 79.9. The first kappa shape index (κ1) is 17.6. The van der Waals surface area contributed by atoms with Gasteiger partial charge in [0.2, 0.25) is 0 Å². The molecule has 0 saturated heterocycles. The van der Waals surface area contributed by atoms with E-state index in [0.717, 1.165) is 31.8 Å². The average molecular weight is 421 g/mol. The molecule has 0 aliphatic carbocycles. The van der Waals surface area contributed by atoms with Crippen LogP contribution < -0.4 is 4.74 Å². The fourth-order valence-electron chi connectivity index (χ4n) is 3.13. The summed E-state index contributed by atoms with van der Waals surface area (Å²) < 4.78 is 12.1. The number of esters is 1. The number of hydrogen-bond donors (Lipinski definition) is 0. The molecule has 0 saturated carbocycles. The molecule has 3 nitrogen and oxygen atoms in total. The fourth-order valence-corrected chi connectivity index (χ4v) is 3.39. The van der Waals surface area contributed by atoms with E-state index in [1.54, 1.807) is 0 Å². The Bertz CT molecular complexity index is 1050. The summed E-state index contributed by atoms with van der Waals surface area (Å²) >= 11 is 3.39. The number of carbonyl (C=O) groups is 1. The van der Waals surface area contributed by atoms with Crippen LogP contribution in [0.15, 0.2) is 83.3 Å². The van der Waals surface area contributed by atoms with Crippen LogP contribution in [-0.2, 0) is 4.74 Å². The lowest BCUT2D eigenvalue weighted by Gasteiger charge is -2.12. The highest BCUT2D eigenvalue weighted by Crippen LogP contribution is 2.29. The van der Waals surface area contributed by atoms with E-state index in [4.69, 9.17) is 9.47 Å². The minimum atomic E-state index is -0.331. The lowest BCUT2D eigenvalue weighted by Crippen LogP contribution is -2.13. The molecular weight excluding hydrogens is 404 g/mol. The molecule has 0 aromatic heterocycles. The molecule has 0 spiro atoms. The number of ether oxygens (including phenoxy) is 2. The van der Waals surface area contributed by atoms with Gasteiger partial charge in [-0.2, -0.15) is 0 Å². The summed E-state index contributed by atoms with van der Waals surface area (Å²) in [6, 6.07) is 25.4.